The zero-order valence-corrected chi connectivity index (χ0v) is 12.8. The first kappa shape index (κ1) is 14.8. The summed E-state index contributed by atoms with van der Waals surface area (Å²) in [7, 11) is 3.26. The number of aryl methyl sites for hydroxylation is 1. The molecule has 0 saturated carbocycles. The lowest BCUT2D eigenvalue weighted by atomic mass is 10.1. The molecule has 2 aromatic rings. The topological polar surface area (TPSA) is 51.6 Å². The van der Waals surface area contributed by atoms with Gasteiger partial charge in [-0.1, -0.05) is 6.07 Å². The zero-order chi connectivity index (χ0) is 14.5. The monoisotopic (exact) mass is 293 g/mol. The number of hydrogen-bond acceptors (Lipinski definition) is 5. The second-order valence-electron chi connectivity index (χ2n) is 4.46. The van der Waals surface area contributed by atoms with Crippen LogP contribution in [0.1, 0.15) is 21.1 Å². The third-order valence-electron chi connectivity index (χ3n) is 3.08. The Morgan fingerprint density at radius 3 is 2.60 bits per heavy atom. The van der Waals surface area contributed by atoms with E-state index in [0.717, 1.165) is 39.1 Å². The molecule has 20 heavy (non-hydrogen) atoms. The van der Waals surface area contributed by atoms with E-state index in [-0.39, 0.29) is 6.61 Å². The first-order valence-corrected chi connectivity index (χ1v) is 7.26. The maximum atomic E-state index is 9.02. The highest BCUT2D eigenvalue weighted by molar-refractivity contribution is 7.11. The largest absolute Gasteiger partial charge is 0.493 e. The second-order valence-corrected chi connectivity index (χ2v) is 5.62. The van der Waals surface area contributed by atoms with Gasteiger partial charge in [0.15, 0.2) is 11.5 Å². The molecule has 5 heteroatoms. The number of hydrogen-bond donors (Lipinski definition) is 1. The molecule has 0 aliphatic rings. The molecule has 0 atom stereocenters. The summed E-state index contributed by atoms with van der Waals surface area (Å²) in [6.07, 6.45) is 1.44. The molecule has 0 aliphatic heterocycles. The van der Waals surface area contributed by atoms with Gasteiger partial charge in [0.1, 0.15) is 0 Å². The summed E-state index contributed by atoms with van der Waals surface area (Å²) in [4.78, 5) is 5.71. The van der Waals surface area contributed by atoms with Gasteiger partial charge in [0.25, 0.3) is 0 Å². The summed E-state index contributed by atoms with van der Waals surface area (Å²) in [6.45, 7) is 2.15. The predicted molar refractivity (Wildman–Crippen MR) is 80.0 cm³/mol. The van der Waals surface area contributed by atoms with E-state index in [4.69, 9.17) is 14.6 Å². The Morgan fingerprint density at radius 1 is 1.20 bits per heavy atom. The van der Waals surface area contributed by atoms with E-state index < -0.39 is 0 Å². The Kier molecular flexibility index (Phi) is 4.98. The van der Waals surface area contributed by atoms with Crippen LogP contribution in [0.2, 0.25) is 0 Å². The predicted octanol–water partition coefficient (Wildman–Crippen LogP) is 2.59. The van der Waals surface area contributed by atoms with Gasteiger partial charge in [0, 0.05) is 24.3 Å². The molecule has 1 aromatic carbocycles. The van der Waals surface area contributed by atoms with Crippen molar-refractivity contribution in [3.8, 4) is 11.5 Å². The van der Waals surface area contributed by atoms with Crippen LogP contribution in [-0.4, -0.2) is 30.9 Å². The van der Waals surface area contributed by atoms with Crippen LogP contribution in [0, 0.1) is 6.92 Å². The van der Waals surface area contributed by atoms with E-state index >= 15 is 0 Å². The normalized spacial score (nSPS) is 10.6. The first-order chi connectivity index (χ1) is 9.67. The summed E-state index contributed by atoms with van der Waals surface area (Å²) < 4.78 is 10.5. The molecule has 0 spiro atoms. The van der Waals surface area contributed by atoms with Crippen LogP contribution in [0.3, 0.4) is 0 Å². The van der Waals surface area contributed by atoms with Crippen molar-refractivity contribution < 1.29 is 14.6 Å². The molecular formula is C15H19NO3S. The molecule has 0 saturated heterocycles. The fourth-order valence-electron chi connectivity index (χ4n) is 2.06. The van der Waals surface area contributed by atoms with Gasteiger partial charge in [-0.05, 0) is 24.6 Å². The molecule has 1 heterocycles. The summed E-state index contributed by atoms with van der Waals surface area (Å²) in [5, 5.41) is 10.1. The molecule has 0 radical (unpaired) electrons. The highest BCUT2D eigenvalue weighted by atomic mass is 32.1. The molecule has 0 aliphatic carbocycles. The van der Waals surface area contributed by atoms with Crippen LogP contribution in [0.25, 0.3) is 0 Å². The second kappa shape index (κ2) is 6.72. The van der Waals surface area contributed by atoms with Crippen molar-refractivity contribution in [2.45, 2.75) is 19.8 Å². The lowest BCUT2D eigenvalue weighted by Gasteiger charge is -2.08. The number of aliphatic hydroxyl groups excluding tert-OH is 1. The molecule has 0 bridgehead atoms. The highest BCUT2D eigenvalue weighted by Crippen LogP contribution is 2.29. The number of aromatic nitrogens is 1. The molecule has 0 fully saturated rings. The summed E-state index contributed by atoms with van der Waals surface area (Å²) >= 11 is 1.66. The maximum absolute atomic E-state index is 9.02. The van der Waals surface area contributed by atoms with E-state index in [0.29, 0.717) is 6.42 Å². The number of ether oxygens (including phenoxy) is 2. The van der Waals surface area contributed by atoms with Gasteiger partial charge in [0.05, 0.1) is 24.9 Å². The first-order valence-electron chi connectivity index (χ1n) is 6.45. The molecule has 0 amide bonds. The summed E-state index contributed by atoms with van der Waals surface area (Å²) in [5.41, 5.74) is 2.14. The van der Waals surface area contributed by atoms with Crippen LogP contribution in [0.5, 0.6) is 11.5 Å². The zero-order valence-electron chi connectivity index (χ0n) is 12.0. The molecule has 1 N–H and O–H groups in total. The number of rotatable bonds is 6. The van der Waals surface area contributed by atoms with Crippen molar-refractivity contribution >= 4 is 11.3 Å². The molecule has 4 nitrogen and oxygen atoms in total. The highest BCUT2D eigenvalue weighted by Gasteiger charge is 2.10. The van der Waals surface area contributed by atoms with E-state index in [2.05, 4.69) is 4.98 Å². The number of methoxy groups -OCH3 is 2. The van der Waals surface area contributed by atoms with E-state index in [9.17, 15) is 0 Å². The van der Waals surface area contributed by atoms with Crippen LogP contribution < -0.4 is 9.47 Å². The quantitative estimate of drug-likeness (QED) is 0.889. The minimum atomic E-state index is 0.166. The number of thiazole rings is 1. The van der Waals surface area contributed by atoms with Crippen molar-refractivity contribution in [1.82, 2.24) is 4.98 Å². The number of aliphatic hydroxyl groups is 1. The number of nitrogens with zero attached hydrogens (tertiary/aromatic N) is 1. The summed E-state index contributed by atoms with van der Waals surface area (Å²) in [5.74, 6) is 1.46. The van der Waals surface area contributed by atoms with Crippen molar-refractivity contribution in [3.63, 3.8) is 0 Å². The number of benzene rings is 1. The Balaban J connectivity index is 2.19. The Bertz CT molecular complexity index is 580. The van der Waals surface area contributed by atoms with Crippen LogP contribution >= 0.6 is 11.3 Å². The Hall–Kier alpha value is -1.59. The van der Waals surface area contributed by atoms with Crippen LogP contribution in [0.15, 0.2) is 18.2 Å². The smallest absolute Gasteiger partial charge is 0.160 e. The minimum absolute atomic E-state index is 0.166. The van der Waals surface area contributed by atoms with Gasteiger partial charge < -0.3 is 14.6 Å². The minimum Gasteiger partial charge on any atom is -0.493 e. The standard InChI is InChI=1S/C15H19NO3S/c1-10-14(6-7-17)20-15(16-10)9-11-4-5-12(18-2)13(8-11)19-3/h4-5,8,17H,6-7,9H2,1-3H3. The van der Waals surface area contributed by atoms with Gasteiger partial charge >= 0.3 is 0 Å². The SMILES string of the molecule is COc1ccc(Cc2nc(C)c(CCO)s2)cc1OC. The Morgan fingerprint density at radius 2 is 1.95 bits per heavy atom. The van der Waals surface area contributed by atoms with Gasteiger partial charge in [0.2, 0.25) is 0 Å². The average molecular weight is 293 g/mol. The third kappa shape index (κ3) is 3.29. The van der Waals surface area contributed by atoms with Gasteiger partial charge in [-0.3, -0.25) is 0 Å². The molecule has 0 unspecified atom stereocenters. The third-order valence-corrected chi connectivity index (χ3v) is 4.30. The van der Waals surface area contributed by atoms with E-state index in [1.54, 1.807) is 25.6 Å². The van der Waals surface area contributed by atoms with Crippen molar-refractivity contribution in [1.29, 1.82) is 0 Å². The van der Waals surface area contributed by atoms with Crippen LogP contribution in [0.4, 0.5) is 0 Å². The fourth-order valence-corrected chi connectivity index (χ4v) is 3.16. The van der Waals surface area contributed by atoms with Crippen LogP contribution in [-0.2, 0) is 12.8 Å². The van der Waals surface area contributed by atoms with Gasteiger partial charge in [-0.25, -0.2) is 4.98 Å². The van der Waals surface area contributed by atoms with Gasteiger partial charge in [-0.15, -0.1) is 11.3 Å². The summed E-state index contributed by atoms with van der Waals surface area (Å²) in [6, 6.07) is 5.90. The van der Waals surface area contributed by atoms with Gasteiger partial charge in [-0.2, -0.15) is 0 Å². The van der Waals surface area contributed by atoms with E-state index in [1.807, 2.05) is 25.1 Å². The lowest BCUT2D eigenvalue weighted by molar-refractivity contribution is 0.300. The average Bonchev–Trinajstić information content (AvgIpc) is 2.79. The molecular weight excluding hydrogens is 274 g/mol. The molecule has 1 aromatic heterocycles. The fraction of sp³-hybridized carbons (Fsp3) is 0.400. The van der Waals surface area contributed by atoms with Crippen molar-refractivity contribution in [3.05, 3.63) is 39.3 Å². The van der Waals surface area contributed by atoms with Crippen molar-refractivity contribution in [2.24, 2.45) is 0 Å². The molecule has 108 valence electrons. The van der Waals surface area contributed by atoms with E-state index in [1.165, 1.54) is 0 Å². The Labute approximate surface area is 123 Å². The molecule has 2 rings (SSSR count). The van der Waals surface area contributed by atoms with Crippen molar-refractivity contribution in [2.75, 3.05) is 20.8 Å². The maximum Gasteiger partial charge on any atom is 0.160 e. The lowest BCUT2D eigenvalue weighted by Crippen LogP contribution is -1.93.